The van der Waals surface area contributed by atoms with Gasteiger partial charge >= 0.3 is 0 Å². The Morgan fingerprint density at radius 2 is 1.86 bits per heavy atom. The van der Waals surface area contributed by atoms with Crippen molar-refractivity contribution < 1.29 is 9.59 Å². The molecule has 2 amide bonds. The molecule has 1 aliphatic carbocycles. The lowest BCUT2D eigenvalue weighted by Crippen LogP contribution is -2.49. The minimum atomic E-state index is -0.262. The molecule has 1 heterocycles. The second-order valence-corrected chi connectivity index (χ2v) is 7.12. The molecule has 2 fully saturated rings. The monoisotopic (exact) mass is 317 g/mol. The van der Waals surface area contributed by atoms with E-state index in [4.69, 9.17) is 0 Å². The number of hydrogen-bond donors (Lipinski definition) is 3. The molecule has 2 aliphatic rings. The fourth-order valence-electron chi connectivity index (χ4n) is 3.27. The van der Waals surface area contributed by atoms with Crippen LogP contribution in [0.3, 0.4) is 0 Å². The van der Waals surface area contributed by atoms with Gasteiger partial charge in [0.15, 0.2) is 0 Å². The van der Waals surface area contributed by atoms with Gasteiger partial charge in [-0.2, -0.15) is 0 Å². The third-order valence-electron chi connectivity index (χ3n) is 4.12. The fourth-order valence-corrected chi connectivity index (χ4v) is 3.27. The van der Waals surface area contributed by atoms with Crippen LogP contribution in [-0.4, -0.2) is 36.0 Å². The van der Waals surface area contributed by atoms with Gasteiger partial charge in [-0.15, -0.1) is 12.4 Å². The first-order valence-corrected chi connectivity index (χ1v) is 7.70. The molecule has 3 unspecified atom stereocenters. The van der Waals surface area contributed by atoms with Gasteiger partial charge in [0.05, 0.1) is 12.6 Å². The van der Waals surface area contributed by atoms with Crippen molar-refractivity contribution in [1.82, 2.24) is 16.0 Å². The van der Waals surface area contributed by atoms with Crippen LogP contribution in [0.5, 0.6) is 0 Å². The molecular weight excluding hydrogens is 290 g/mol. The van der Waals surface area contributed by atoms with Crippen molar-refractivity contribution in [2.45, 2.75) is 70.5 Å². The van der Waals surface area contributed by atoms with E-state index in [-0.39, 0.29) is 42.3 Å². The molecule has 6 heteroatoms. The van der Waals surface area contributed by atoms with E-state index in [1.807, 2.05) is 20.8 Å². The van der Waals surface area contributed by atoms with E-state index in [2.05, 4.69) is 16.0 Å². The third kappa shape index (κ3) is 5.47. The standard InChI is InChI=1S/C15H27N3O2.ClH/c1-15(2,3)18-13(19)9-16-14(20)12-8-10-6-4-5-7-11(10)17-12;/h10-12,17H,4-9H2,1-3H3,(H,16,20)(H,18,19);1H. The second-order valence-electron chi connectivity index (χ2n) is 7.12. The average Bonchev–Trinajstić information content (AvgIpc) is 2.77. The van der Waals surface area contributed by atoms with Gasteiger partial charge in [0, 0.05) is 11.6 Å². The molecule has 3 atom stereocenters. The zero-order chi connectivity index (χ0) is 14.8. The number of rotatable bonds is 3. The van der Waals surface area contributed by atoms with Crippen LogP contribution < -0.4 is 16.0 Å². The topological polar surface area (TPSA) is 70.2 Å². The molecule has 122 valence electrons. The highest BCUT2D eigenvalue weighted by Crippen LogP contribution is 2.33. The van der Waals surface area contributed by atoms with Crippen LogP contribution in [0.15, 0.2) is 0 Å². The summed E-state index contributed by atoms with van der Waals surface area (Å²) in [6.45, 7) is 5.84. The number of nitrogens with one attached hydrogen (secondary N) is 3. The highest BCUT2D eigenvalue weighted by atomic mass is 35.5. The highest BCUT2D eigenvalue weighted by molar-refractivity contribution is 5.87. The number of hydrogen-bond acceptors (Lipinski definition) is 3. The summed E-state index contributed by atoms with van der Waals surface area (Å²) in [6.07, 6.45) is 5.87. The van der Waals surface area contributed by atoms with Crippen LogP contribution in [0, 0.1) is 5.92 Å². The predicted molar refractivity (Wildman–Crippen MR) is 85.4 cm³/mol. The molecule has 1 aliphatic heterocycles. The third-order valence-corrected chi connectivity index (χ3v) is 4.12. The molecular formula is C15H28ClN3O2. The van der Waals surface area contributed by atoms with Gasteiger partial charge in [0.1, 0.15) is 0 Å². The van der Waals surface area contributed by atoms with Gasteiger partial charge in [-0.05, 0) is 46.0 Å². The van der Waals surface area contributed by atoms with Crippen molar-refractivity contribution in [2.75, 3.05) is 6.54 Å². The van der Waals surface area contributed by atoms with Gasteiger partial charge in [-0.25, -0.2) is 0 Å². The van der Waals surface area contributed by atoms with E-state index >= 15 is 0 Å². The highest BCUT2D eigenvalue weighted by Gasteiger charge is 2.38. The molecule has 0 aromatic carbocycles. The maximum Gasteiger partial charge on any atom is 0.239 e. The lowest BCUT2D eigenvalue weighted by molar-refractivity contribution is -0.127. The predicted octanol–water partition coefficient (Wildman–Crippen LogP) is 1.36. The first-order chi connectivity index (χ1) is 9.35. The minimum absolute atomic E-state index is 0. The van der Waals surface area contributed by atoms with Crippen molar-refractivity contribution in [3.8, 4) is 0 Å². The van der Waals surface area contributed by atoms with Gasteiger partial charge in [0.2, 0.25) is 11.8 Å². The second kappa shape index (κ2) is 7.45. The Balaban J connectivity index is 0.00000220. The molecule has 0 aromatic heterocycles. The lowest BCUT2D eigenvalue weighted by Gasteiger charge is -2.24. The number of halogens is 1. The van der Waals surface area contributed by atoms with Gasteiger partial charge in [0.25, 0.3) is 0 Å². The first kappa shape index (κ1) is 18.2. The number of carbonyl (C=O) groups is 2. The molecule has 5 nitrogen and oxygen atoms in total. The van der Waals surface area contributed by atoms with Gasteiger partial charge < -0.3 is 16.0 Å². The zero-order valence-electron chi connectivity index (χ0n) is 13.2. The Morgan fingerprint density at radius 3 is 2.48 bits per heavy atom. The fraction of sp³-hybridized carbons (Fsp3) is 0.867. The average molecular weight is 318 g/mol. The van der Waals surface area contributed by atoms with Gasteiger partial charge in [-0.3, -0.25) is 9.59 Å². The summed E-state index contributed by atoms with van der Waals surface area (Å²) in [4.78, 5) is 23.8. The number of fused-ring (bicyclic) bond motifs is 1. The van der Waals surface area contributed by atoms with Crippen LogP contribution in [0.2, 0.25) is 0 Å². The Kier molecular flexibility index (Phi) is 6.47. The number of amides is 2. The Bertz CT molecular complexity index is 368. The van der Waals surface area contributed by atoms with E-state index in [9.17, 15) is 9.59 Å². The molecule has 0 radical (unpaired) electrons. The van der Waals surface area contributed by atoms with E-state index in [1.165, 1.54) is 25.7 Å². The van der Waals surface area contributed by atoms with Crippen LogP contribution >= 0.6 is 12.4 Å². The van der Waals surface area contributed by atoms with E-state index in [1.54, 1.807) is 0 Å². The van der Waals surface area contributed by atoms with Gasteiger partial charge in [-0.1, -0.05) is 12.8 Å². The van der Waals surface area contributed by atoms with E-state index in [0.29, 0.717) is 12.0 Å². The maximum absolute atomic E-state index is 12.1. The maximum atomic E-state index is 12.1. The summed E-state index contributed by atoms with van der Waals surface area (Å²) in [5, 5.41) is 9.00. The summed E-state index contributed by atoms with van der Waals surface area (Å²) in [6, 6.07) is 0.383. The molecule has 0 bridgehead atoms. The van der Waals surface area contributed by atoms with E-state index < -0.39 is 0 Å². The molecule has 0 spiro atoms. The molecule has 0 aromatic rings. The summed E-state index contributed by atoms with van der Waals surface area (Å²) in [5.74, 6) is 0.465. The molecule has 3 N–H and O–H groups in total. The van der Waals surface area contributed by atoms with Crippen molar-refractivity contribution in [3.05, 3.63) is 0 Å². The molecule has 1 saturated heterocycles. The lowest BCUT2D eigenvalue weighted by atomic mass is 9.85. The summed E-state index contributed by atoms with van der Waals surface area (Å²) in [5.41, 5.74) is -0.262. The Hall–Kier alpha value is -0.810. The van der Waals surface area contributed by atoms with Crippen molar-refractivity contribution in [2.24, 2.45) is 5.92 Å². The quantitative estimate of drug-likeness (QED) is 0.736. The normalized spacial score (nSPS) is 28.2. The van der Waals surface area contributed by atoms with Crippen molar-refractivity contribution >= 4 is 24.2 Å². The first-order valence-electron chi connectivity index (χ1n) is 7.70. The summed E-state index contributed by atoms with van der Waals surface area (Å²) >= 11 is 0. The number of carbonyl (C=O) groups excluding carboxylic acids is 2. The van der Waals surface area contributed by atoms with Crippen LogP contribution in [-0.2, 0) is 9.59 Å². The molecule has 2 rings (SSSR count). The summed E-state index contributed by atoms with van der Waals surface area (Å²) in [7, 11) is 0. The SMILES string of the molecule is CC(C)(C)NC(=O)CNC(=O)C1CC2CCCCC2N1.Cl. The largest absolute Gasteiger partial charge is 0.350 e. The van der Waals surface area contributed by atoms with Crippen LogP contribution in [0.1, 0.15) is 52.9 Å². The summed E-state index contributed by atoms with van der Waals surface area (Å²) < 4.78 is 0. The van der Waals surface area contributed by atoms with Crippen LogP contribution in [0.25, 0.3) is 0 Å². The zero-order valence-corrected chi connectivity index (χ0v) is 14.0. The molecule has 21 heavy (non-hydrogen) atoms. The van der Waals surface area contributed by atoms with Crippen molar-refractivity contribution in [3.63, 3.8) is 0 Å². The van der Waals surface area contributed by atoms with Crippen LogP contribution in [0.4, 0.5) is 0 Å². The Labute approximate surface area is 133 Å². The van der Waals surface area contributed by atoms with E-state index in [0.717, 1.165) is 6.42 Å². The Morgan fingerprint density at radius 1 is 1.19 bits per heavy atom. The molecule has 1 saturated carbocycles. The van der Waals surface area contributed by atoms with Crippen molar-refractivity contribution in [1.29, 1.82) is 0 Å². The minimum Gasteiger partial charge on any atom is -0.350 e. The smallest absolute Gasteiger partial charge is 0.239 e.